The van der Waals surface area contributed by atoms with E-state index in [1.54, 1.807) is 9.69 Å². The molecule has 1 aliphatic carbocycles. The first-order valence-corrected chi connectivity index (χ1v) is 9.61. The summed E-state index contributed by atoms with van der Waals surface area (Å²) in [7, 11) is -2.42. The highest BCUT2D eigenvalue weighted by Gasteiger charge is 2.41. The quantitative estimate of drug-likeness (QED) is 0.734. The minimum atomic E-state index is -3.68. The molecule has 0 bridgehead atoms. The molecule has 2 fully saturated rings. The van der Waals surface area contributed by atoms with Crippen LogP contribution in [0, 0.1) is 5.92 Å². The maximum absolute atomic E-state index is 13.0. The highest BCUT2D eigenvalue weighted by molar-refractivity contribution is 7.89. The van der Waals surface area contributed by atoms with Crippen LogP contribution >= 0.6 is 11.3 Å². The van der Waals surface area contributed by atoms with Crippen LogP contribution in [0.2, 0.25) is 0 Å². The summed E-state index contributed by atoms with van der Waals surface area (Å²) in [5, 5.41) is 1.61. The number of hydrogen-bond acceptors (Lipinski definition) is 6. The summed E-state index contributed by atoms with van der Waals surface area (Å²) in [5.41, 5.74) is 0. The van der Waals surface area contributed by atoms with Crippen molar-refractivity contribution in [3.63, 3.8) is 0 Å². The topological polar surface area (TPSA) is 72.9 Å². The lowest BCUT2D eigenvalue weighted by Gasteiger charge is -2.24. The fraction of sp³-hybridized carbons (Fsp3) is 0.643. The lowest BCUT2D eigenvalue weighted by atomic mass is 10.1. The number of carbonyl (C=O) groups excluding carboxylic acids is 1. The zero-order valence-electron chi connectivity index (χ0n) is 12.4. The highest BCUT2D eigenvalue weighted by Crippen LogP contribution is 2.36. The van der Waals surface area contributed by atoms with Gasteiger partial charge in [-0.15, -0.1) is 11.3 Å². The van der Waals surface area contributed by atoms with Crippen LogP contribution in [0.1, 0.15) is 28.9 Å². The van der Waals surface area contributed by atoms with Crippen LogP contribution in [0.5, 0.6) is 0 Å². The normalized spacial score (nSPS) is 22.2. The van der Waals surface area contributed by atoms with E-state index in [4.69, 9.17) is 4.74 Å². The molecule has 0 N–H and O–H groups in total. The number of esters is 1. The van der Waals surface area contributed by atoms with Crippen molar-refractivity contribution in [3.8, 4) is 0 Å². The van der Waals surface area contributed by atoms with Crippen molar-refractivity contribution in [3.05, 3.63) is 16.3 Å². The molecule has 0 aromatic carbocycles. The summed E-state index contributed by atoms with van der Waals surface area (Å²) < 4.78 is 37.6. The fourth-order valence-electron chi connectivity index (χ4n) is 2.66. The Morgan fingerprint density at radius 2 is 2.23 bits per heavy atom. The minimum Gasteiger partial charge on any atom is -0.465 e. The third kappa shape index (κ3) is 3.05. The summed E-state index contributed by atoms with van der Waals surface area (Å²) in [4.78, 5) is 12.0. The Kier molecular flexibility index (Phi) is 4.54. The van der Waals surface area contributed by atoms with Crippen molar-refractivity contribution in [2.75, 3.05) is 26.9 Å². The summed E-state index contributed by atoms with van der Waals surface area (Å²) in [6.45, 7) is 1.75. The lowest BCUT2D eigenvalue weighted by molar-refractivity contribution is 0.0602. The maximum Gasteiger partial charge on any atom is 0.349 e. The van der Waals surface area contributed by atoms with E-state index in [-0.39, 0.29) is 21.7 Å². The van der Waals surface area contributed by atoms with Crippen molar-refractivity contribution in [2.45, 2.75) is 30.2 Å². The molecule has 122 valence electrons. The average molecular weight is 345 g/mol. The predicted octanol–water partition coefficient (Wildman–Crippen LogP) is 1.72. The fourth-order valence-corrected chi connectivity index (χ4v) is 5.73. The molecular weight excluding hydrogens is 326 g/mol. The van der Waals surface area contributed by atoms with E-state index in [0.717, 1.165) is 30.6 Å². The summed E-state index contributed by atoms with van der Waals surface area (Å²) in [6.07, 6.45) is 2.64. The molecule has 22 heavy (non-hydrogen) atoms. The Bertz CT molecular complexity index is 644. The second-order valence-electron chi connectivity index (χ2n) is 5.64. The van der Waals surface area contributed by atoms with E-state index in [1.165, 1.54) is 13.2 Å². The first-order valence-electron chi connectivity index (χ1n) is 7.29. The summed E-state index contributed by atoms with van der Waals surface area (Å²) in [6, 6.07) is 1.54. The van der Waals surface area contributed by atoms with Gasteiger partial charge in [0, 0.05) is 19.2 Å². The summed E-state index contributed by atoms with van der Waals surface area (Å²) in [5.74, 6) is -0.371. The van der Waals surface area contributed by atoms with Crippen LogP contribution in [0.4, 0.5) is 0 Å². The first kappa shape index (κ1) is 15.9. The van der Waals surface area contributed by atoms with Crippen molar-refractivity contribution in [1.29, 1.82) is 0 Å². The highest BCUT2D eigenvalue weighted by atomic mass is 32.2. The lowest BCUT2D eigenvalue weighted by Crippen LogP contribution is -2.37. The SMILES string of the molecule is COC(=O)c1sccc1S(=O)(=O)N(CC1CCOC1)C1CC1. The molecule has 1 atom stereocenters. The number of hydrogen-bond donors (Lipinski definition) is 0. The Labute approximate surface area is 134 Å². The molecule has 3 rings (SSSR count). The van der Waals surface area contributed by atoms with Gasteiger partial charge in [-0.3, -0.25) is 0 Å². The predicted molar refractivity (Wildman–Crippen MR) is 81.5 cm³/mol. The molecular formula is C14H19NO5S2. The number of thiophene rings is 1. The maximum atomic E-state index is 13.0. The number of carbonyl (C=O) groups is 1. The van der Waals surface area contributed by atoms with Gasteiger partial charge in [-0.05, 0) is 36.6 Å². The van der Waals surface area contributed by atoms with Gasteiger partial charge in [0.1, 0.15) is 9.77 Å². The zero-order valence-corrected chi connectivity index (χ0v) is 14.0. The summed E-state index contributed by atoms with van der Waals surface area (Å²) >= 11 is 1.10. The molecule has 8 heteroatoms. The van der Waals surface area contributed by atoms with Gasteiger partial charge in [0.15, 0.2) is 0 Å². The van der Waals surface area contributed by atoms with Crippen molar-refractivity contribution >= 4 is 27.3 Å². The van der Waals surface area contributed by atoms with Gasteiger partial charge < -0.3 is 9.47 Å². The molecule has 2 aliphatic rings. The number of sulfonamides is 1. The van der Waals surface area contributed by atoms with Crippen LogP contribution in [0.3, 0.4) is 0 Å². The van der Waals surface area contributed by atoms with Crippen molar-refractivity contribution in [2.24, 2.45) is 5.92 Å². The number of ether oxygens (including phenoxy) is 2. The molecule has 0 radical (unpaired) electrons. The van der Waals surface area contributed by atoms with E-state index < -0.39 is 16.0 Å². The van der Waals surface area contributed by atoms with Crippen LogP contribution < -0.4 is 0 Å². The van der Waals surface area contributed by atoms with E-state index in [1.807, 2.05) is 0 Å². The third-order valence-corrected chi connectivity index (χ3v) is 6.99. The molecule has 1 aromatic rings. The zero-order chi connectivity index (χ0) is 15.7. The van der Waals surface area contributed by atoms with Crippen LogP contribution in [-0.2, 0) is 19.5 Å². The number of nitrogens with zero attached hydrogens (tertiary/aromatic N) is 1. The largest absolute Gasteiger partial charge is 0.465 e. The molecule has 0 spiro atoms. The van der Waals surface area contributed by atoms with Gasteiger partial charge in [0.25, 0.3) is 0 Å². The van der Waals surface area contributed by atoms with Crippen LogP contribution in [-0.4, -0.2) is 51.6 Å². The third-order valence-electron chi connectivity index (χ3n) is 4.00. The Morgan fingerprint density at radius 3 is 2.82 bits per heavy atom. The standard InChI is InChI=1S/C14H19NO5S2/c1-19-14(16)13-12(5-7-21-13)22(17,18)15(11-2-3-11)8-10-4-6-20-9-10/h5,7,10-11H,2-4,6,8-9H2,1H3. The molecule has 1 unspecified atom stereocenters. The second kappa shape index (κ2) is 6.27. The van der Waals surface area contributed by atoms with E-state index in [0.29, 0.717) is 19.8 Å². The second-order valence-corrected chi connectivity index (χ2v) is 8.42. The molecule has 1 saturated heterocycles. The minimum absolute atomic E-state index is 0.0518. The monoisotopic (exact) mass is 345 g/mol. The van der Waals surface area contributed by atoms with E-state index in [2.05, 4.69) is 4.74 Å². The Balaban J connectivity index is 1.89. The average Bonchev–Trinajstić information content (AvgIpc) is 3.02. The van der Waals surface area contributed by atoms with Crippen molar-refractivity contribution < 1.29 is 22.7 Å². The van der Waals surface area contributed by atoms with Crippen LogP contribution in [0.25, 0.3) is 0 Å². The molecule has 0 amide bonds. The van der Waals surface area contributed by atoms with Gasteiger partial charge in [0.05, 0.1) is 13.7 Å². The van der Waals surface area contributed by atoms with Crippen LogP contribution in [0.15, 0.2) is 16.3 Å². The van der Waals surface area contributed by atoms with E-state index in [9.17, 15) is 13.2 Å². The van der Waals surface area contributed by atoms with Gasteiger partial charge in [-0.2, -0.15) is 4.31 Å². The van der Waals surface area contributed by atoms with Gasteiger partial charge in [0.2, 0.25) is 10.0 Å². The molecule has 1 aromatic heterocycles. The smallest absolute Gasteiger partial charge is 0.349 e. The number of rotatable bonds is 6. The molecule has 2 heterocycles. The molecule has 6 nitrogen and oxygen atoms in total. The van der Waals surface area contributed by atoms with Gasteiger partial charge >= 0.3 is 5.97 Å². The van der Waals surface area contributed by atoms with Crippen molar-refractivity contribution in [1.82, 2.24) is 4.31 Å². The Hall–Kier alpha value is -0.960. The first-order chi connectivity index (χ1) is 10.5. The molecule has 1 aliphatic heterocycles. The van der Waals surface area contributed by atoms with Gasteiger partial charge in [-0.25, -0.2) is 13.2 Å². The number of methoxy groups -OCH3 is 1. The van der Waals surface area contributed by atoms with E-state index >= 15 is 0 Å². The Morgan fingerprint density at radius 1 is 1.45 bits per heavy atom. The molecule has 1 saturated carbocycles. The van der Waals surface area contributed by atoms with Gasteiger partial charge in [-0.1, -0.05) is 0 Å².